The molecule has 1 saturated heterocycles. The Morgan fingerprint density at radius 3 is 2.95 bits per heavy atom. The van der Waals surface area contributed by atoms with Gasteiger partial charge in [-0.05, 0) is 46.7 Å². The Kier molecular flexibility index (Phi) is 6.24. The number of aryl methyl sites for hydroxylation is 2. The van der Waals surface area contributed by atoms with Gasteiger partial charge in [-0.25, -0.2) is 9.78 Å². The van der Waals surface area contributed by atoms with Crippen molar-refractivity contribution in [3.63, 3.8) is 0 Å². The zero-order valence-corrected chi connectivity index (χ0v) is 14.1. The molecule has 0 aliphatic carbocycles. The molecule has 1 aliphatic rings. The molecule has 2 amide bonds. The molecule has 0 bridgehead atoms. The zero-order chi connectivity index (χ0) is 15.9. The molecule has 2 rings (SSSR count). The number of piperidine rings is 1. The Bertz CT molecular complexity index is 471. The molecule has 0 saturated carbocycles. The van der Waals surface area contributed by atoms with E-state index in [-0.39, 0.29) is 6.03 Å². The molecule has 1 aromatic heterocycles. The Balaban J connectivity index is 1.62. The van der Waals surface area contributed by atoms with Crippen LogP contribution in [0.1, 0.15) is 31.5 Å². The fourth-order valence-corrected chi connectivity index (χ4v) is 2.92. The van der Waals surface area contributed by atoms with E-state index in [0.717, 1.165) is 51.3 Å². The van der Waals surface area contributed by atoms with E-state index in [1.165, 1.54) is 6.42 Å². The van der Waals surface area contributed by atoms with Gasteiger partial charge < -0.3 is 19.7 Å². The summed E-state index contributed by atoms with van der Waals surface area (Å²) in [5.41, 5.74) is 0. The molecule has 124 valence electrons. The van der Waals surface area contributed by atoms with Crippen LogP contribution in [0.4, 0.5) is 4.79 Å². The van der Waals surface area contributed by atoms with Crippen LogP contribution < -0.4 is 5.32 Å². The quantitative estimate of drug-likeness (QED) is 0.814. The molecule has 0 radical (unpaired) electrons. The largest absolute Gasteiger partial charge is 0.338 e. The summed E-state index contributed by atoms with van der Waals surface area (Å²) in [4.78, 5) is 20.6. The lowest BCUT2D eigenvalue weighted by Crippen LogP contribution is -2.50. The smallest absolute Gasteiger partial charge is 0.317 e. The fraction of sp³-hybridized carbons (Fsp3) is 0.750. The molecule has 1 N–H and O–H groups in total. The van der Waals surface area contributed by atoms with Crippen molar-refractivity contribution in [1.29, 1.82) is 0 Å². The van der Waals surface area contributed by atoms with Crippen molar-refractivity contribution in [3.8, 4) is 0 Å². The van der Waals surface area contributed by atoms with E-state index in [0.29, 0.717) is 6.04 Å². The average molecular weight is 307 g/mol. The molecule has 22 heavy (non-hydrogen) atoms. The van der Waals surface area contributed by atoms with Gasteiger partial charge in [-0.2, -0.15) is 0 Å². The summed E-state index contributed by atoms with van der Waals surface area (Å²) in [6.07, 6.45) is 8.15. The van der Waals surface area contributed by atoms with Crippen LogP contribution >= 0.6 is 0 Å². The maximum atomic E-state index is 12.2. The second-order valence-corrected chi connectivity index (χ2v) is 6.31. The molecule has 1 atom stereocenters. The summed E-state index contributed by atoms with van der Waals surface area (Å²) in [6, 6.07) is 0.578. The third-order valence-corrected chi connectivity index (χ3v) is 4.44. The number of urea groups is 1. The first-order chi connectivity index (χ1) is 10.6. The van der Waals surface area contributed by atoms with E-state index in [4.69, 9.17) is 0 Å². The highest BCUT2D eigenvalue weighted by molar-refractivity contribution is 5.74. The lowest BCUT2D eigenvalue weighted by Gasteiger charge is -2.36. The van der Waals surface area contributed by atoms with Crippen LogP contribution in [0.2, 0.25) is 0 Å². The summed E-state index contributed by atoms with van der Waals surface area (Å²) in [7, 11) is 4.17. The van der Waals surface area contributed by atoms with Gasteiger partial charge in [0.15, 0.2) is 0 Å². The highest BCUT2D eigenvalue weighted by Gasteiger charge is 2.24. The number of hydrogen-bond acceptors (Lipinski definition) is 3. The number of nitrogens with one attached hydrogen (secondary N) is 1. The number of aromatic nitrogens is 2. The first-order valence-corrected chi connectivity index (χ1v) is 8.25. The summed E-state index contributed by atoms with van der Waals surface area (Å²) in [5.74, 6) is 1.05. The molecule has 1 aliphatic heterocycles. The fourth-order valence-electron chi connectivity index (χ4n) is 2.92. The van der Waals surface area contributed by atoms with E-state index < -0.39 is 0 Å². The minimum atomic E-state index is 0.0883. The van der Waals surface area contributed by atoms with Crippen LogP contribution in [-0.4, -0.2) is 65.2 Å². The van der Waals surface area contributed by atoms with Gasteiger partial charge in [0.1, 0.15) is 5.82 Å². The van der Waals surface area contributed by atoms with Crippen LogP contribution in [0, 0.1) is 6.92 Å². The average Bonchev–Trinajstić information content (AvgIpc) is 2.92. The Morgan fingerprint density at radius 2 is 2.27 bits per heavy atom. The Labute approximate surface area is 133 Å². The van der Waals surface area contributed by atoms with Crippen LogP contribution in [0.15, 0.2) is 12.4 Å². The number of carbonyl (C=O) groups is 1. The van der Waals surface area contributed by atoms with Gasteiger partial charge >= 0.3 is 6.03 Å². The van der Waals surface area contributed by atoms with Gasteiger partial charge in [0, 0.05) is 44.6 Å². The summed E-state index contributed by atoms with van der Waals surface area (Å²) in [6.45, 7) is 5.45. The molecule has 6 nitrogen and oxygen atoms in total. The first-order valence-electron chi connectivity index (χ1n) is 8.25. The lowest BCUT2D eigenvalue weighted by molar-refractivity contribution is 0.140. The van der Waals surface area contributed by atoms with Gasteiger partial charge in [0.2, 0.25) is 0 Å². The SMILES string of the molecule is Cc1nccn1CCCCNC(=O)N1CCC[C@@H](N(C)C)C1. The predicted octanol–water partition coefficient (Wildman–Crippen LogP) is 1.71. The molecule has 1 fully saturated rings. The Hall–Kier alpha value is -1.56. The highest BCUT2D eigenvalue weighted by atomic mass is 16.2. The number of likely N-dealkylation sites (N-methyl/N-ethyl adjacent to an activating group) is 1. The highest BCUT2D eigenvalue weighted by Crippen LogP contribution is 2.13. The number of carbonyl (C=O) groups excluding carboxylic acids is 1. The number of imidazole rings is 1. The van der Waals surface area contributed by atoms with Gasteiger partial charge in [-0.3, -0.25) is 0 Å². The molecule has 0 unspecified atom stereocenters. The van der Waals surface area contributed by atoms with E-state index >= 15 is 0 Å². The molecule has 6 heteroatoms. The number of amides is 2. The first kappa shape index (κ1) is 16.8. The van der Waals surface area contributed by atoms with Crippen LogP contribution in [0.5, 0.6) is 0 Å². The van der Waals surface area contributed by atoms with Crippen LogP contribution in [-0.2, 0) is 6.54 Å². The van der Waals surface area contributed by atoms with Gasteiger partial charge in [0.05, 0.1) is 0 Å². The normalized spacial score (nSPS) is 18.7. The van der Waals surface area contributed by atoms with Crippen LogP contribution in [0.25, 0.3) is 0 Å². The van der Waals surface area contributed by atoms with Crippen molar-refractivity contribution in [2.24, 2.45) is 0 Å². The number of nitrogens with zero attached hydrogens (tertiary/aromatic N) is 4. The van der Waals surface area contributed by atoms with Crippen molar-refractivity contribution < 1.29 is 4.79 Å². The number of unbranched alkanes of at least 4 members (excludes halogenated alkanes) is 1. The number of hydrogen-bond donors (Lipinski definition) is 1. The molecule has 1 aromatic rings. The van der Waals surface area contributed by atoms with Crippen molar-refractivity contribution in [1.82, 2.24) is 24.7 Å². The number of rotatable bonds is 6. The minimum Gasteiger partial charge on any atom is -0.338 e. The third-order valence-electron chi connectivity index (χ3n) is 4.44. The zero-order valence-electron chi connectivity index (χ0n) is 14.1. The van der Waals surface area contributed by atoms with E-state index in [1.54, 1.807) is 0 Å². The van der Waals surface area contributed by atoms with E-state index in [9.17, 15) is 4.79 Å². The maximum absolute atomic E-state index is 12.2. The molecule has 2 heterocycles. The van der Waals surface area contributed by atoms with Gasteiger partial charge in [-0.1, -0.05) is 0 Å². The monoisotopic (exact) mass is 307 g/mol. The second-order valence-electron chi connectivity index (χ2n) is 6.31. The van der Waals surface area contributed by atoms with Crippen molar-refractivity contribution in [2.75, 3.05) is 33.7 Å². The van der Waals surface area contributed by atoms with Crippen molar-refractivity contribution in [3.05, 3.63) is 18.2 Å². The summed E-state index contributed by atoms with van der Waals surface area (Å²) < 4.78 is 2.15. The molecule has 0 aromatic carbocycles. The third kappa shape index (κ3) is 4.73. The van der Waals surface area contributed by atoms with E-state index in [1.807, 2.05) is 24.2 Å². The lowest BCUT2D eigenvalue weighted by atomic mass is 10.1. The number of likely N-dealkylation sites (tertiary alicyclic amines) is 1. The van der Waals surface area contributed by atoms with Gasteiger partial charge in [-0.15, -0.1) is 0 Å². The maximum Gasteiger partial charge on any atom is 0.317 e. The molecular weight excluding hydrogens is 278 g/mol. The predicted molar refractivity (Wildman–Crippen MR) is 87.9 cm³/mol. The molecular formula is C16H29N5O. The standard InChI is InChI=1S/C16H29N5O/c1-14-17-9-12-20(14)10-5-4-8-18-16(22)21-11-6-7-15(13-21)19(2)3/h9,12,15H,4-8,10-11,13H2,1-3H3,(H,18,22)/t15-/m1/s1. The van der Waals surface area contributed by atoms with Crippen molar-refractivity contribution in [2.45, 2.75) is 45.2 Å². The van der Waals surface area contributed by atoms with Crippen LogP contribution in [0.3, 0.4) is 0 Å². The topological polar surface area (TPSA) is 53.4 Å². The van der Waals surface area contributed by atoms with Crippen molar-refractivity contribution >= 4 is 6.03 Å². The summed E-state index contributed by atoms with van der Waals surface area (Å²) in [5, 5.41) is 3.05. The second kappa shape index (κ2) is 8.17. The van der Waals surface area contributed by atoms with E-state index in [2.05, 4.69) is 33.9 Å². The summed E-state index contributed by atoms with van der Waals surface area (Å²) >= 11 is 0. The Morgan fingerprint density at radius 1 is 1.45 bits per heavy atom. The minimum absolute atomic E-state index is 0.0883. The molecule has 0 spiro atoms. The van der Waals surface area contributed by atoms with Gasteiger partial charge in [0.25, 0.3) is 0 Å².